The smallest absolute Gasteiger partial charge is 0.205 e. The zero-order chi connectivity index (χ0) is 13.9. The van der Waals surface area contributed by atoms with Crippen molar-refractivity contribution in [3.8, 4) is 0 Å². The predicted molar refractivity (Wildman–Crippen MR) is 82.4 cm³/mol. The van der Waals surface area contributed by atoms with E-state index < -0.39 is 0 Å². The molecule has 2 aliphatic heterocycles. The van der Waals surface area contributed by atoms with Gasteiger partial charge in [0.05, 0.1) is 6.10 Å². The van der Waals surface area contributed by atoms with Crippen LogP contribution in [-0.4, -0.2) is 35.2 Å². The molecule has 0 N–H and O–H groups in total. The lowest BCUT2D eigenvalue weighted by Gasteiger charge is -2.34. The van der Waals surface area contributed by atoms with Crippen molar-refractivity contribution >= 4 is 16.7 Å². The van der Waals surface area contributed by atoms with Crippen LogP contribution in [0, 0.1) is 11.8 Å². The molecule has 3 heterocycles. The summed E-state index contributed by atoms with van der Waals surface area (Å²) in [6.07, 6.45) is 6.52. The quantitative estimate of drug-likeness (QED) is 0.855. The molecule has 3 rings (SSSR count). The van der Waals surface area contributed by atoms with Gasteiger partial charge < -0.3 is 9.64 Å². The number of nitrogens with zero attached hydrogens (tertiary/aromatic N) is 3. The lowest BCUT2D eigenvalue weighted by Crippen LogP contribution is -2.37. The Bertz CT molecular complexity index is 421. The summed E-state index contributed by atoms with van der Waals surface area (Å²) in [5.41, 5.74) is 0. The van der Waals surface area contributed by atoms with Gasteiger partial charge in [0.1, 0.15) is 5.82 Å². The van der Waals surface area contributed by atoms with Crippen molar-refractivity contribution in [2.75, 3.05) is 24.6 Å². The average molecular weight is 295 g/mol. The van der Waals surface area contributed by atoms with E-state index >= 15 is 0 Å². The van der Waals surface area contributed by atoms with Crippen LogP contribution in [0.15, 0.2) is 0 Å². The zero-order valence-corrected chi connectivity index (χ0v) is 13.4. The molecule has 1 atom stereocenters. The fourth-order valence-corrected chi connectivity index (χ4v) is 4.00. The van der Waals surface area contributed by atoms with E-state index in [0.29, 0.717) is 12.0 Å². The highest BCUT2D eigenvalue weighted by Crippen LogP contribution is 2.31. The molecule has 5 heteroatoms. The van der Waals surface area contributed by atoms with Crippen molar-refractivity contribution in [1.82, 2.24) is 9.36 Å². The first kappa shape index (κ1) is 14.3. The SMILES string of the molecule is CC(C)Cc1nsc(N2CCC(C3CCCO3)CC2)n1. The Morgan fingerprint density at radius 2 is 2.10 bits per heavy atom. The summed E-state index contributed by atoms with van der Waals surface area (Å²) >= 11 is 1.57. The van der Waals surface area contributed by atoms with Crippen molar-refractivity contribution in [3.05, 3.63) is 5.82 Å². The second-order valence-corrected chi connectivity index (χ2v) is 7.20. The van der Waals surface area contributed by atoms with Crippen LogP contribution in [0.3, 0.4) is 0 Å². The molecule has 0 spiro atoms. The van der Waals surface area contributed by atoms with Gasteiger partial charge in [-0.15, -0.1) is 0 Å². The van der Waals surface area contributed by atoms with E-state index in [4.69, 9.17) is 9.72 Å². The molecule has 0 amide bonds. The van der Waals surface area contributed by atoms with Crippen LogP contribution in [0.4, 0.5) is 5.13 Å². The summed E-state index contributed by atoms with van der Waals surface area (Å²) < 4.78 is 10.3. The van der Waals surface area contributed by atoms with Gasteiger partial charge in [-0.25, -0.2) is 4.98 Å². The lowest BCUT2D eigenvalue weighted by atomic mass is 9.90. The summed E-state index contributed by atoms with van der Waals surface area (Å²) in [6, 6.07) is 0. The summed E-state index contributed by atoms with van der Waals surface area (Å²) in [7, 11) is 0. The number of rotatable bonds is 4. The van der Waals surface area contributed by atoms with Gasteiger partial charge in [-0.3, -0.25) is 0 Å². The minimum Gasteiger partial charge on any atom is -0.378 e. The van der Waals surface area contributed by atoms with Crippen molar-refractivity contribution in [3.63, 3.8) is 0 Å². The molecule has 1 aromatic heterocycles. The molecule has 0 aromatic carbocycles. The van der Waals surface area contributed by atoms with Gasteiger partial charge in [-0.1, -0.05) is 13.8 Å². The van der Waals surface area contributed by atoms with Crippen LogP contribution in [0.25, 0.3) is 0 Å². The van der Waals surface area contributed by atoms with Crippen LogP contribution in [-0.2, 0) is 11.2 Å². The summed E-state index contributed by atoms with van der Waals surface area (Å²) in [5.74, 6) is 2.40. The van der Waals surface area contributed by atoms with Gasteiger partial charge >= 0.3 is 0 Å². The minimum absolute atomic E-state index is 0.531. The van der Waals surface area contributed by atoms with E-state index in [9.17, 15) is 0 Å². The number of anilines is 1. The Kier molecular flexibility index (Phi) is 4.56. The van der Waals surface area contributed by atoms with Crippen LogP contribution in [0.5, 0.6) is 0 Å². The Balaban J connectivity index is 1.53. The van der Waals surface area contributed by atoms with Crippen molar-refractivity contribution in [2.45, 2.75) is 52.1 Å². The maximum Gasteiger partial charge on any atom is 0.205 e. The summed E-state index contributed by atoms with van der Waals surface area (Å²) in [5, 5.41) is 1.12. The average Bonchev–Trinajstić information content (AvgIpc) is 3.09. The van der Waals surface area contributed by atoms with E-state index in [-0.39, 0.29) is 0 Å². The Morgan fingerprint density at radius 3 is 2.75 bits per heavy atom. The summed E-state index contributed by atoms with van der Waals surface area (Å²) in [6.45, 7) is 7.63. The van der Waals surface area contributed by atoms with E-state index in [1.54, 1.807) is 11.5 Å². The zero-order valence-electron chi connectivity index (χ0n) is 12.5. The second kappa shape index (κ2) is 6.39. The van der Waals surface area contributed by atoms with Gasteiger partial charge in [-0.2, -0.15) is 4.37 Å². The molecule has 0 radical (unpaired) electrons. The normalized spacial score (nSPS) is 24.8. The number of hydrogen-bond donors (Lipinski definition) is 0. The highest BCUT2D eigenvalue weighted by molar-refractivity contribution is 7.09. The lowest BCUT2D eigenvalue weighted by molar-refractivity contribution is 0.0531. The minimum atomic E-state index is 0.531. The Morgan fingerprint density at radius 1 is 1.30 bits per heavy atom. The van der Waals surface area contributed by atoms with Crippen LogP contribution in [0.1, 0.15) is 45.4 Å². The number of piperidine rings is 1. The number of aromatic nitrogens is 2. The van der Waals surface area contributed by atoms with E-state index in [1.165, 1.54) is 25.7 Å². The fourth-order valence-electron chi connectivity index (χ4n) is 3.26. The van der Waals surface area contributed by atoms with E-state index in [2.05, 4.69) is 23.1 Å². The molecule has 2 fully saturated rings. The van der Waals surface area contributed by atoms with Gasteiger partial charge in [-0.05, 0) is 37.5 Å². The first-order valence-electron chi connectivity index (χ1n) is 7.91. The highest BCUT2D eigenvalue weighted by Gasteiger charge is 2.30. The molecule has 112 valence electrons. The molecular formula is C15H25N3OS. The van der Waals surface area contributed by atoms with Gasteiger partial charge in [0.15, 0.2) is 0 Å². The highest BCUT2D eigenvalue weighted by atomic mass is 32.1. The third-order valence-electron chi connectivity index (χ3n) is 4.35. The monoisotopic (exact) mass is 295 g/mol. The topological polar surface area (TPSA) is 38.2 Å². The first-order valence-corrected chi connectivity index (χ1v) is 8.69. The van der Waals surface area contributed by atoms with Crippen molar-refractivity contribution in [2.24, 2.45) is 11.8 Å². The third kappa shape index (κ3) is 3.31. The molecule has 4 nitrogen and oxygen atoms in total. The molecule has 0 saturated carbocycles. The van der Waals surface area contributed by atoms with Crippen molar-refractivity contribution in [1.29, 1.82) is 0 Å². The molecule has 0 aliphatic carbocycles. The maximum absolute atomic E-state index is 5.84. The molecule has 20 heavy (non-hydrogen) atoms. The van der Waals surface area contributed by atoms with E-state index in [1.807, 2.05) is 0 Å². The van der Waals surface area contributed by atoms with Crippen LogP contribution >= 0.6 is 11.5 Å². The Labute approximate surface area is 125 Å². The number of ether oxygens (including phenoxy) is 1. The largest absolute Gasteiger partial charge is 0.378 e. The second-order valence-electron chi connectivity index (χ2n) is 6.47. The molecule has 1 unspecified atom stereocenters. The number of hydrogen-bond acceptors (Lipinski definition) is 5. The molecule has 1 aromatic rings. The van der Waals surface area contributed by atoms with Crippen molar-refractivity contribution < 1.29 is 4.74 Å². The fraction of sp³-hybridized carbons (Fsp3) is 0.867. The van der Waals surface area contributed by atoms with E-state index in [0.717, 1.165) is 43.0 Å². The first-order chi connectivity index (χ1) is 9.72. The van der Waals surface area contributed by atoms with Gasteiger partial charge in [0.25, 0.3) is 0 Å². The van der Waals surface area contributed by atoms with Crippen LogP contribution in [0.2, 0.25) is 0 Å². The molecular weight excluding hydrogens is 270 g/mol. The standard InChI is InChI=1S/C15H25N3OS/c1-11(2)10-14-16-15(20-17-14)18-7-5-12(6-8-18)13-4-3-9-19-13/h11-13H,3-10H2,1-2H3. The predicted octanol–water partition coefficient (Wildman–Crippen LogP) is 3.13. The molecule has 2 saturated heterocycles. The van der Waals surface area contributed by atoms with Crippen LogP contribution < -0.4 is 4.90 Å². The van der Waals surface area contributed by atoms with Gasteiger partial charge in [0.2, 0.25) is 5.13 Å². The molecule has 2 aliphatic rings. The summed E-state index contributed by atoms with van der Waals surface area (Å²) in [4.78, 5) is 7.11. The Hall–Kier alpha value is -0.680. The maximum atomic E-state index is 5.84. The third-order valence-corrected chi connectivity index (χ3v) is 5.16. The molecule has 0 bridgehead atoms. The van der Waals surface area contributed by atoms with Gasteiger partial charge in [0, 0.05) is 37.6 Å².